The van der Waals surface area contributed by atoms with Gasteiger partial charge in [-0.15, -0.1) is 11.3 Å². The Labute approximate surface area is 106 Å². The molecule has 0 radical (unpaired) electrons. The molecule has 0 spiro atoms. The minimum atomic E-state index is -2.60. The monoisotopic (exact) mass is 270 g/mol. The zero-order chi connectivity index (χ0) is 13.1. The minimum absolute atomic E-state index is 0.0707. The van der Waals surface area contributed by atoms with Crippen molar-refractivity contribution in [1.29, 1.82) is 0 Å². The second-order valence-corrected chi connectivity index (χ2v) is 4.58. The fourth-order valence-corrected chi connectivity index (χ4v) is 2.80. The Kier molecular flexibility index (Phi) is 3.81. The highest BCUT2D eigenvalue weighted by Crippen LogP contribution is 2.34. The number of alkyl halides is 2. The van der Waals surface area contributed by atoms with Gasteiger partial charge in [-0.2, -0.15) is 4.39 Å². The lowest BCUT2D eigenvalue weighted by atomic mass is 10.0. The fourth-order valence-electron chi connectivity index (χ4n) is 1.73. The summed E-state index contributed by atoms with van der Waals surface area (Å²) in [4.78, 5) is 11.4. The van der Waals surface area contributed by atoms with E-state index in [9.17, 15) is 18.0 Å². The molecule has 0 N–H and O–H groups in total. The van der Waals surface area contributed by atoms with Gasteiger partial charge in [0.15, 0.2) is 0 Å². The average Bonchev–Trinajstić information content (AvgIpc) is 2.73. The molecule has 0 saturated heterocycles. The molecule has 0 aliphatic carbocycles. The van der Waals surface area contributed by atoms with Crippen molar-refractivity contribution in [3.05, 3.63) is 46.8 Å². The molecule has 0 atom stereocenters. The van der Waals surface area contributed by atoms with Crippen LogP contribution < -0.4 is 0 Å². The first-order valence-electron chi connectivity index (χ1n) is 5.23. The van der Waals surface area contributed by atoms with Gasteiger partial charge < -0.3 is 0 Å². The topological polar surface area (TPSA) is 17.1 Å². The summed E-state index contributed by atoms with van der Waals surface area (Å²) in [5, 5.41) is 1.42. The molecule has 0 bridgehead atoms. The molecule has 0 aliphatic heterocycles. The Bertz CT molecular complexity index is 549. The quantitative estimate of drug-likeness (QED) is 0.756. The van der Waals surface area contributed by atoms with Gasteiger partial charge in [-0.25, -0.2) is 8.78 Å². The van der Waals surface area contributed by atoms with Crippen molar-refractivity contribution in [3.8, 4) is 10.4 Å². The molecule has 94 valence electrons. The summed E-state index contributed by atoms with van der Waals surface area (Å²) in [6, 6.07) is 7.04. The van der Waals surface area contributed by atoms with Gasteiger partial charge in [-0.05, 0) is 16.5 Å². The second kappa shape index (κ2) is 5.35. The summed E-state index contributed by atoms with van der Waals surface area (Å²) in [5.41, 5.74) is 0.497. The molecule has 2 rings (SSSR count). The van der Waals surface area contributed by atoms with Crippen LogP contribution in [-0.4, -0.2) is 12.5 Å². The minimum Gasteiger partial charge on any atom is -0.255 e. The molecule has 0 amide bonds. The third kappa shape index (κ3) is 2.61. The Morgan fingerprint density at radius 2 is 1.89 bits per heavy atom. The predicted octanol–water partition coefficient (Wildman–Crippen LogP) is 4.33. The normalized spacial score (nSPS) is 10.9. The van der Waals surface area contributed by atoms with E-state index < -0.39 is 18.9 Å². The summed E-state index contributed by atoms with van der Waals surface area (Å²) < 4.78 is 37.7. The molecule has 1 aromatic heterocycles. The van der Waals surface area contributed by atoms with Crippen LogP contribution in [0.5, 0.6) is 0 Å². The third-order valence-corrected chi connectivity index (χ3v) is 3.55. The molecular weight excluding hydrogens is 261 g/mol. The number of carbonyl (C=O) groups is 1. The Morgan fingerprint density at radius 1 is 1.22 bits per heavy atom. The lowest BCUT2D eigenvalue weighted by Crippen LogP contribution is -2.02. The highest BCUT2D eigenvalue weighted by molar-refractivity contribution is 7.14. The standard InChI is InChI=1S/C13H9F3OS/c14-10(15)6-9-7-18-12(11(9)13(16)17)8-4-2-1-3-5-8/h1-5,7,10H,6H2. The first kappa shape index (κ1) is 12.8. The first-order valence-corrected chi connectivity index (χ1v) is 6.11. The van der Waals surface area contributed by atoms with Crippen LogP contribution in [0.15, 0.2) is 35.7 Å². The van der Waals surface area contributed by atoms with Crippen molar-refractivity contribution in [1.82, 2.24) is 0 Å². The number of hydrogen-bond donors (Lipinski definition) is 0. The van der Waals surface area contributed by atoms with Crippen LogP contribution in [0.4, 0.5) is 13.2 Å². The number of carbonyl (C=O) groups excluding carboxylic acids is 1. The number of halogens is 3. The molecule has 0 unspecified atom stereocenters. The highest BCUT2D eigenvalue weighted by Gasteiger charge is 2.21. The molecule has 1 nitrogen and oxygen atoms in total. The van der Waals surface area contributed by atoms with Gasteiger partial charge in [0.25, 0.3) is 0 Å². The highest BCUT2D eigenvalue weighted by atomic mass is 32.1. The molecule has 0 fully saturated rings. The summed E-state index contributed by atoms with van der Waals surface area (Å²) in [7, 11) is 0. The van der Waals surface area contributed by atoms with Crippen molar-refractivity contribution in [2.45, 2.75) is 12.8 Å². The predicted molar refractivity (Wildman–Crippen MR) is 64.9 cm³/mol. The van der Waals surface area contributed by atoms with E-state index >= 15 is 0 Å². The van der Waals surface area contributed by atoms with E-state index in [1.807, 2.05) is 0 Å². The van der Waals surface area contributed by atoms with Crippen molar-refractivity contribution < 1.29 is 18.0 Å². The number of hydrogen-bond acceptors (Lipinski definition) is 2. The van der Waals surface area contributed by atoms with Gasteiger partial charge >= 0.3 is 6.04 Å². The summed E-state index contributed by atoms with van der Waals surface area (Å²) in [5.74, 6) is 0. The summed E-state index contributed by atoms with van der Waals surface area (Å²) >= 11 is 1.11. The van der Waals surface area contributed by atoms with Gasteiger partial charge in [-0.1, -0.05) is 30.3 Å². The van der Waals surface area contributed by atoms with E-state index in [2.05, 4.69) is 0 Å². The second-order valence-electron chi connectivity index (χ2n) is 3.70. The maximum atomic E-state index is 13.0. The smallest absolute Gasteiger partial charge is 0.255 e. The van der Waals surface area contributed by atoms with E-state index in [0.717, 1.165) is 11.3 Å². The molecule has 0 saturated carbocycles. The van der Waals surface area contributed by atoms with E-state index in [1.54, 1.807) is 30.3 Å². The summed E-state index contributed by atoms with van der Waals surface area (Å²) in [6.07, 6.45) is -3.20. The maximum absolute atomic E-state index is 13.0. The maximum Gasteiger partial charge on any atom is 0.333 e. The van der Waals surface area contributed by atoms with Gasteiger partial charge in [0.05, 0.1) is 5.56 Å². The zero-order valence-electron chi connectivity index (χ0n) is 9.20. The lowest BCUT2D eigenvalue weighted by molar-refractivity contribution is 0.0834. The van der Waals surface area contributed by atoms with Crippen LogP contribution in [0.1, 0.15) is 15.9 Å². The van der Waals surface area contributed by atoms with Crippen LogP contribution in [0.25, 0.3) is 10.4 Å². The van der Waals surface area contributed by atoms with E-state index in [4.69, 9.17) is 0 Å². The molecule has 18 heavy (non-hydrogen) atoms. The number of benzene rings is 1. The van der Waals surface area contributed by atoms with E-state index in [1.165, 1.54) is 5.38 Å². The Balaban J connectivity index is 2.49. The van der Waals surface area contributed by atoms with Gasteiger partial charge in [0.1, 0.15) is 0 Å². The van der Waals surface area contributed by atoms with Crippen molar-refractivity contribution in [3.63, 3.8) is 0 Å². The van der Waals surface area contributed by atoms with Crippen LogP contribution in [0, 0.1) is 0 Å². The molecular formula is C13H9F3OS. The average molecular weight is 270 g/mol. The van der Waals surface area contributed by atoms with Gasteiger partial charge in [0, 0.05) is 11.3 Å². The van der Waals surface area contributed by atoms with Gasteiger partial charge in [0.2, 0.25) is 6.43 Å². The van der Waals surface area contributed by atoms with Crippen LogP contribution in [-0.2, 0) is 6.42 Å². The molecule has 2 aromatic rings. The van der Waals surface area contributed by atoms with Crippen LogP contribution in [0.2, 0.25) is 0 Å². The van der Waals surface area contributed by atoms with E-state index in [-0.39, 0.29) is 11.1 Å². The largest absolute Gasteiger partial charge is 0.333 e. The molecule has 0 aliphatic rings. The Hall–Kier alpha value is -1.62. The SMILES string of the molecule is O=C(F)c1c(CC(F)F)csc1-c1ccccc1. The summed E-state index contributed by atoms with van der Waals surface area (Å²) in [6.45, 7) is 0. The van der Waals surface area contributed by atoms with Crippen LogP contribution >= 0.6 is 11.3 Å². The van der Waals surface area contributed by atoms with Crippen molar-refractivity contribution in [2.24, 2.45) is 0 Å². The molecule has 1 heterocycles. The van der Waals surface area contributed by atoms with Crippen molar-refractivity contribution >= 4 is 17.4 Å². The number of thiophene rings is 1. The lowest BCUT2D eigenvalue weighted by Gasteiger charge is -2.02. The van der Waals surface area contributed by atoms with Crippen LogP contribution in [0.3, 0.4) is 0 Å². The zero-order valence-corrected chi connectivity index (χ0v) is 10.0. The number of rotatable bonds is 4. The fraction of sp³-hybridized carbons (Fsp3) is 0.154. The molecule has 1 aromatic carbocycles. The Morgan fingerprint density at radius 3 is 2.44 bits per heavy atom. The first-order chi connectivity index (χ1) is 8.59. The van der Waals surface area contributed by atoms with Crippen molar-refractivity contribution in [2.75, 3.05) is 0 Å². The third-order valence-electron chi connectivity index (χ3n) is 2.47. The van der Waals surface area contributed by atoms with Gasteiger partial charge in [-0.3, -0.25) is 4.79 Å². The molecule has 5 heteroatoms. The van der Waals surface area contributed by atoms with E-state index in [0.29, 0.717) is 10.4 Å².